The number of ether oxygens (including phenoxy) is 1. The van der Waals surface area contributed by atoms with Crippen molar-refractivity contribution in [1.29, 1.82) is 0 Å². The van der Waals surface area contributed by atoms with Gasteiger partial charge in [0.15, 0.2) is 0 Å². The number of aromatic hydroxyl groups is 2. The summed E-state index contributed by atoms with van der Waals surface area (Å²) in [7, 11) is 1.26. The number of phenols is 2. The molecule has 0 aliphatic heterocycles. The molecule has 0 spiro atoms. The van der Waals surface area contributed by atoms with Crippen molar-refractivity contribution in [2.45, 2.75) is 6.92 Å². The van der Waals surface area contributed by atoms with E-state index in [4.69, 9.17) is 0 Å². The van der Waals surface area contributed by atoms with Crippen molar-refractivity contribution in [1.82, 2.24) is 0 Å². The third-order valence-electron chi connectivity index (χ3n) is 1.95. The lowest BCUT2D eigenvalue weighted by atomic mass is 10.1. The van der Waals surface area contributed by atoms with Crippen LogP contribution in [0.5, 0.6) is 11.5 Å². The average Bonchev–Trinajstić information content (AvgIpc) is 2.21. The van der Waals surface area contributed by atoms with E-state index in [0.29, 0.717) is 11.1 Å². The Morgan fingerprint density at radius 3 is 2.60 bits per heavy atom. The first kappa shape index (κ1) is 11.1. The highest BCUT2D eigenvalue weighted by molar-refractivity contribution is 5.87. The first-order valence-electron chi connectivity index (χ1n) is 4.33. The molecule has 80 valence electrons. The number of benzene rings is 1. The summed E-state index contributed by atoms with van der Waals surface area (Å²) < 4.78 is 4.40. The van der Waals surface area contributed by atoms with E-state index in [-0.39, 0.29) is 11.5 Å². The van der Waals surface area contributed by atoms with Crippen LogP contribution in [0.4, 0.5) is 0 Å². The van der Waals surface area contributed by atoms with Crippen LogP contribution in [-0.4, -0.2) is 23.3 Å². The summed E-state index contributed by atoms with van der Waals surface area (Å²) in [5, 5.41) is 18.9. The number of carbonyl (C=O) groups is 1. The minimum atomic E-state index is -0.519. The van der Waals surface area contributed by atoms with E-state index in [2.05, 4.69) is 4.74 Å². The predicted molar refractivity (Wildman–Crippen MR) is 55.6 cm³/mol. The number of phenolic OH excluding ortho intramolecular Hbond substituents is 2. The van der Waals surface area contributed by atoms with E-state index >= 15 is 0 Å². The van der Waals surface area contributed by atoms with Gasteiger partial charge in [-0.2, -0.15) is 0 Å². The molecule has 0 saturated carbocycles. The number of aryl methyl sites for hydroxylation is 1. The van der Waals surface area contributed by atoms with E-state index in [0.717, 1.165) is 0 Å². The van der Waals surface area contributed by atoms with E-state index < -0.39 is 5.97 Å². The summed E-state index contributed by atoms with van der Waals surface area (Å²) in [5.74, 6) is -0.447. The van der Waals surface area contributed by atoms with E-state index in [9.17, 15) is 15.0 Å². The van der Waals surface area contributed by atoms with Crippen molar-refractivity contribution in [2.75, 3.05) is 7.11 Å². The topological polar surface area (TPSA) is 66.8 Å². The Bertz CT molecular complexity index is 407. The van der Waals surface area contributed by atoms with Crippen LogP contribution in [0.2, 0.25) is 0 Å². The molecule has 0 aromatic heterocycles. The van der Waals surface area contributed by atoms with E-state index in [1.165, 1.54) is 31.4 Å². The van der Waals surface area contributed by atoms with Crippen LogP contribution in [0, 0.1) is 6.92 Å². The maximum atomic E-state index is 10.8. The van der Waals surface area contributed by atoms with Gasteiger partial charge in [0.2, 0.25) is 0 Å². The highest BCUT2D eigenvalue weighted by atomic mass is 16.5. The second-order valence-corrected chi connectivity index (χ2v) is 3.05. The van der Waals surface area contributed by atoms with Gasteiger partial charge >= 0.3 is 5.97 Å². The monoisotopic (exact) mass is 208 g/mol. The number of hydrogen-bond donors (Lipinski definition) is 2. The molecule has 0 bridgehead atoms. The molecule has 0 fully saturated rings. The Labute approximate surface area is 87.4 Å². The van der Waals surface area contributed by atoms with Gasteiger partial charge in [-0.15, -0.1) is 0 Å². The second-order valence-electron chi connectivity index (χ2n) is 3.05. The minimum Gasteiger partial charge on any atom is -0.508 e. The number of carbonyl (C=O) groups excluding carboxylic acids is 1. The molecule has 0 heterocycles. The van der Waals surface area contributed by atoms with E-state index in [1.54, 1.807) is 6.92 Å². The predicted octanol–water partition coefficient (Wildman–Crippen LogP) is 1.59. The van der Waals surface area contributed by atoms with Crippen molar-refractivity contribution < 1.29 is 19.7 Å². The fourth-order valence-corrected chi connectivity index (χ4v) is 1.06. The smallest absolute Gasteiger partial charge is 0.330 e. The normalized spacial score (nSPS) is 10.5. The molecule has 15 heavy (non-hydrogen) atoms. The Kier molecular flexibility index (Phi) is 3.33. The second kappa shape index (κ2) is 4.50. The molecular formula is C11H12O4. The molecule has 2 N–H and O–H groups in total. The maximum Gasteiger partial charge on any atom is 0.330 e. The number of hydrogen-bond acceptors (Lipinski definition) is 4. The fourth-order valence-electron chi connectivity index (χ4n) is 1.06. The molecule has 1 rings (SSSR count). The summed E-state index contributed by atoms with van der Waals surface area (Å²) >= 11 is 0. The zero-order chi connectivity index (χ0) is 11.4. The molecule has 0 radical (unpaired) electrons. The average molecular weight is 208 g/mol. The summed E-state index contributed by atoms with van der Waals surface area (Å²) in [6, 6.07) is 2.80. The molecule has 0 aliphatic carbocycles. The van der Waals surface area contributed by atoms with Crippen molar-refractivity contribution in [3.8, 4) is 11.5 Å². The molecule has 0 saturated heterocycles. The molecule has 0 atom stereocenters. The Morgan fingerprint density at radius 2 is 2.00 bits per heavy atom. The van der Waals surface area contributed by atoms with Gasteiger partial charge in [0.25, 0.3) is 0 Å². The standard InChI is InChI=1S/C11H12O4/c1-7-5-10(13)8(6-9(7)12)3-4-11(14)15-2/h3-6,12-13H,1-2H3/b4-3+. The van der Waals surface area contributed by atoms with Gasteiger partial charge < -0.3 is 14.9 Å². The van der Waals surface area contributed by atoms with Crippen LogP contribution in [0.1, 0.15) is 11.1 Å². The SMILES string of the molecule is COC(=O)/C=C/c1cc(O)c(C)cc1O. The summed E-state index contributed by atoms with van der Waals surface area (Å²) in [6.45, 7) is 1.67. The third-order valence-corrected chi connectivity index (χ3v) is 1.95. The van der Waals surface area contributed by atoms with Gasteiger partial charge in [-0.3, -0.25) is 0 Å². The zero-order valence-corrected chi connectivity index (χ0v) is 8.52. The molecule has 4 nitrogen and oxygen atoms in total. The third kappa shape index (κ3) is 2.74. The van der Waals surface area contributed by atoms with Crippen LogP contribution in [0.15, 0.2) is 18.2 Å². The number of methoxy groups -OCH3 is 1. The van der Waals surface area contributed by atoms with Gasteiger partial charge in [0.05, 0.1) is 7.11 Å². The molecular weight excluding hydrogens is 196 g/mol. The first-order chi connectivity index (χ1) is 7.04. The molecule has 1 aromatic carbocycles. The Morgan fingerprint density at radius 1 is 1.33 bits per heavy atom. The summed E-state index contributed by atoms with van der Waals surface area (Å²) in [4.78, 5) is 10.8. The Balaban J connectivity index is 3.00. The molecule has 0 amide bonds. The van der Waals surface area contributed by atoms with Crippen LogP contribution in [0.3, 0.4) is 0 Å². The van der Waals surface area contributed by atoms with E-state index in [1.807, 2.05) is 0 Å². The lowest BCUT2D eigenvalue weighted by molar-refractivity contribution is -0.134. The molecule has 0 aliphatic rings. The lowest BCUT2D eigenvalue weighted by Gasteiger charge is -2.03. The summed E-state index contributed by atoms with van der Waals surface area (Å²) in [5.41, 5.74) is 0.936. The maximum absolute atomic E-state index is 10.8. The number of esters is 1. The first-order valence-corrected chi connectivity index (χ1v) is 4.33. The highest BCUT2D eigenvalue weighted by Gasteiger charge is 2.03. The van der Waals surface area contributed by atoms with Gasteiger partial charge in [-0.25, -0.2) is 4.79 Å². The van der Waals surface area contributed by atoms with Crippen molar-refractivity contribution in [3.05, 3.63) is 29.3 Å². The minimum absolute atomic E-state index is 0.00505. The molecule has 4 heteroatoms. The fraction of sp³-hybridized carbons (Fsp3) is 0.182. The van der Waals surface area contributed by atoms with Gasteiger partial charge in [0.1, 0.15) is 11.5 Å². The number of rotatable bonds is 2. The van der Waals surface area contributed by atoms with Crippen LogP contribution >= 0.6 is 0 Å². The molecule has 0 unspecified atom stereocenters. The largest absolute Gasteiger partial charge is 0.508 e. The van der Waals surface area contributed by atoms with Gasteiger partial charge in [0, 0.05) is 11.6 Å². The van der Waals surface area contributed by atoms with Crippen molar-refractivity contribution >= 4 is 12.0 Å². The zero-order valence-electron chi connectivity index (χ0n) is 8.52. The highest BCUT2D eigenvalue weighted by Crippen LogP contribution is 2.27. The van der Waals surface area contributed by atoms with Crippen molar-refractivity contribution in [3.63, 3.8) is 0 Å². The van der Waals surface area contributed by atoms with Crippen LogP contribution < -0.4 is 0 Å². The van der Waals surface area contributed by atoms with Crippen LogP contribution in [0.25, 0.3) is 6.08 Å². The summed E-state index contributed by atoms with van der Waals surface area (Å²) in [6.07, 6.45) is 2.55. The lowest BCUT2D eigenvalue weighted by Crippen LogP contribution is -1.93. The van der Waals surface area contributed by atoms with Gasteiger partial charge in [-0.05, 0) is 30.7 Å². The van der Waals surface area contributed by atoms with Crippen molar-refractivity contribution in [2.24, 2.45) is 0 Å². The Hall–Kier alpha value is -1.97. The molecule has 1 aromatic rings. The quantitative estimate of drug-likeness (QED) is 0.440. The van der Waals surface area contributed by atoms with Gasteiger partial charge in [-0.1, -0.05) is 0 Å². The van der Waals surface area contributed by atoms with Crippen LogP contribution in [-0.2, 0) is 9.53 Å².